The van der Waals surface area contributed by atoms with Crippen molar-refractivity contribution in [2.45, 2.75) is 43.8 Å². The van der Waals surface area contributed by atoms with Crippen molar-refractivity contribution in [3.05, 3.63) is 60.3 Å². The number of rotatable bonds is 7. The number of aromatic nitrogens is 3. The Morgan fingerprint density at radius 2 is 1.90 bits per heavy atom. The Hall–Kier alpha value is -5.35. The Morgan fingerprint density at radius 1 is 1.14 bits per heavy atom. The first kappa shape index (κ1) is 33.2. The fourth-order valence-electron chi connectivity index (χ4n) is 7.41. The molecule has 50 heavy (non-hydrogen) atoms. The maximum absolute atomic E-state index is 17.1. The highest BCUT2D eigenvalue weighted by Crippen LogP contribution is 2.40. The predicted octanol–water partition coefficient (Wildman–Crippen LogP) is 5.00. The van der Waals surface area contributed by atoms with Crippen LogP contribution in [0.1, 0.15) is 31.2 Å². The molecular formula is C37H37F2N7O4. The van der Waals surface area contributed by atoms with Gasteiger partial charge in [0.2, 0.25) is 5.91 Å². The van der Waals surface area contributed by atoms with Gasteiger partial charge in [0.15, 0.2) is 5.82 Å². The lowest BCUT2D eigenvalue weighted by Crippen LogP contribution is -2.55. The van der Waals surface area contributed by atoms with Gasteiger partial charge in [0.1, 0.15) is 35.2 Å². The number of nitrogens with zero attached hydrogens (tertiary/aromatic N) is 7. The normalized spacial score (nSPS) is 20.3. The molecule has 258 valence electrons. The third-order valence-electron chi connectivity index (χ3n) is 9.94. The Bertz CT molecular complexity index is 2070. The smallest absolute Gasteiger partial charge is 0.414 e. The molecule has 1 unspecified atom stereocenters. The van der Waals surface area contributed by atoms with E-state index in [2.05, 4.69) is 27.4 Å². The summed E-state index contributed by atoms with van der Waals surface area (Å²) in [4.78, 5) is 46.5. The molecule has 4 aromatic rings. The van der Waals surface area contributed by atoms with Gasteiger partial charge >= 0.3 is 12.1 Å². The summed E-state index contributed by atoms with van der Waals surface area (Å²) in [5.74, 6) is 1.35. The van der Waals surface area contributed by atoms with Gasteiger partial charge in [0, 0.05) is 62.5 Å². The van der Waals surface area contributed by atoms with Crippen molar-refractivity contribution in [3.63, 3.8) is 0 Å². The molecule has 5 heterocycles. The lowest BCUT2D eigenvalue weighted by molar-refractivity contribution is -0.129. The van der Waals surface area contributed by atoms with Crippen LogP contribution in [0.3, 0.4) is 0 Å². The van der Waals surface area contributed by atoms with Gasteiger partial charge < -0.3 is 29.1 Å². The van der Waals surface area contributed by atoms with Gasteiger partial charge in [-0.3, -0.25) is 9.78 Å². The monoisotopic (exact) mass is 681 g/mol. The van der Waals surface area contributed by atoms with E-state index in [1.54, 1.807) is 0 Å². The third-order valence-corrected chi connectivity index (χ3v) is 9.94. The average Bonchev–Trinajstić information content (AvgIpc) is 3.64. The fourth-order valence-corrected chi connectivity index (χ4v) is 7.41. The number of piperazine rings is 1. The summed E-state index contributed by atoms with van der Waals surface area (Å²) < 4.78 is 43.9. The zero-order valence-electron chi connectivity index (χ0n) is 28.2. The largest absolute Gasteiger partial charge is 0.462 e. The second kappa shape index (κ2) is 13.2. The van der Waals surface area contributed by atoms with Crippen molar-refractivity contribution in [1.29, 1.82) is 0 Å². The molecule has 3 saturated heterocycles. The molecule has 13 heteroatoms. The van der Waals surface area contributed by atoms with Crippen molar-refractivity contribution in [3.8, 4) is 35.4 Å². The van der Waals surface area contributed by atoms with E-state index in [1.165, 1.54) is 55.5 Å². The molecule has 3 aliphatic rings. The predicted molar refractivity (Wildman–Crippen MR) is 185 cm³/mol. The minimum Gasteiger partial charge on any atom is -0.462 e. The van der Waals surface area contributed by atoms with Crippen molar-refractivity contribution < 1.29 is 27.8 Å². The summed E-state index contributed by atoms with van der Waals surface area (Å²) in [6, 6.07) is 5.70. The maximum atomic E-state index is 17.1. The van der Waals surface area contributed by atoms with Crippen LogP contribution in [0.4, 0.5) is 19.4 Å². The number of hydrogen-bond donors (Lipinski definition) is 0. The van der Waals surface area contributed by atoms with Gasteiger partial charge in [-0.05, 0) is 68.9 Å². The fraction of sp³-hybridized carbons (Fsp3) is 0.378. The molecule has 0 spiro atoms. The molecule has 2 amide bonds. The number of likely N-dealkylation sites (N-methyl/N-ethyl adjacent to an activating group) is 1. The number of amides is 2. The Kier molecular flexibility index (Phi) is 8.73. The van der Waals surface area contributed by atoms with E-state index in [-0.39, 0.29) is 63.5 Å². The quantitative estimate of drug-likeness (QED) is 0.197. The average molecular weight is 682 g/mol. The summed E-state index contributed by atoms with van der Waals surface area (Å²) >= 11 is 0. The topological polar surface area (TPSA) is 104 Å². The molecule has 3 aliphatic heterocycles. The number of hydrogen-bond acceptors (Lipinski definition) is 9. The Balaban J connectivity index is 1.38. The van der Waals surface area contributed by atoms with E-state index in [0.29, 0.717) is 36.3 Å². The SMILES string of the molecule is C#Cc1c(F)ccc2cc(OC(=O)N(C)C)cc(-c3ncc4c(N5C[C@H]6CC[C@@H](C5)N6C(=O)C=C)nc(OCC5CCCN5C)nc4c3F)c12. The number of fused-ring (bicyclic) bond motifs is 4. The zero-order chi connectivity index (χ0) is 35.3. The first-order valence-electron chi connectivity index (χ1n) is 16.6. The van der Waals surface area contributed by atoms with Crippen LogP contribution in [-0.4, -0.2) is 107 Å². The number of anilines is 1. The maximum Gasteiger partial charge on any atom is 0.414 e. The molecule has 0 N–H and O–H groups in total. The van der Waals surface area contributed by atoms with Crippen LogP contribution in [0.15, 0.2) is 43.1 Å². The second-order valence-electron chi connectivity index (χ2n) is 13.2. The van der Waals surface area contributed by atoms with Gasteiger partial charge in [-0.25, -0.2) is 13.6 Å². The van der Waals surface area contributed by atoms with Crippen molar-refractivity contribution >= 4 is 39.5 Å². The number of carbonyl (C=O) groups is 2. The van der Waals surface area contributed by atoms with Gasteiger partial charge in [-0.2, -0.15) is 9.97 Å². The van der Waals surface area contributed by atoms with E-state index >= 15 is 8.78 Å². The van der Waals surface area contributed by atoms with Crippen molar-refractivity contribution in [2.24, 2.45) is 0 Å². The number of pyridine rings is 1. The van der Waals surface area contributed by atoms with E-state index in [4.69, 9.17) is 20.9 Å². The molecule has 11 nitrogen and oxygen atoms in total. The molecule has 2 aromatic heterocycles. The van der Waals surface area contributed by atoms with Crippen molar-refractivity contribution in [2.75, 3.05) is 52.3 Å². The van der Waals surface area contributed by atoms with Gasteiger partial charge in [0.05, 0.1) is 10.9 Å². The first-order valence-corrected chi connectivity index (χ1v) is 16.6. The summed E-state index contributed by atoms with van der Waals surface area (Å²) in [6.45, 7) is 5.90. The summed E-state index contributed by atoms with van der Waals surface area (Å²) in [5, 5.41) is 1.01. The summed E-state index contributed by atoms with van der Waals surface area (Å²) in [6.07, 6.45) is 11.6. The number of benzene rings is 2. The number of likely N-dealkylation sites (tertiary alicyclic amines) is 1. The molecule has 0 saturated carbocycles. The molecule has 3 atom stereocenters. The molecule has 3 fully saturated rings. The van der Waals surface area contributed by atoms with E-state index in [0.717, 1.165) is 32.2 Å². The van der Waals surface area contributed by atoms with Gasteiger partial charge in [0.25, 0.3) is 0 Å². The highest BCUT2D eigenvalue weighted by atomic mass is 19.1. The van der Waals surface area contributed by atoms with Gasteiger partial charge in [-0.1, -0.05) is 18.6 Å². The first-order chi connectivity index (χ1) is 24.1. The number of terminal acetylenes is 1. The third kappa shape index (κ3) is 5.83. The molecular weight excluding hydrogens is 644 g/mol. The standard InChI is InChI=1S/C37H37F2N7O4/c1-6-26-29(38)13-10-21-15-25(50-37(48)43(3)4)16-27(31(21)26)33-32(39)34-28(17-40-33)35(42-36(41-34)49-20-24-9-8-14-44(24)5)45-18-22-11-12-23(19-45)46(22)30(47)7-2/h1,7,10,13,15-17,22-24H,2,8-9,11-12,14,18-20H2,3-5H3/t22-,23+,24?. The summed E-state index contributed by atoms with van der Waals surface area (Å²) in [5.41, 5.74) is -0.172. The molecule has 7 rings (SSSR count). The van der Waals surface area contributed by atoms with Crippen LogP contribution < -0.4 is 14.4 Å². The second-order valence-corrected chi connectivity index (χ2v) is 13.2. The number of halogens is 2. The molecule has 0 aliphatic carbocycles. The van der Waals surface area contributed by atoms with E-state index in [1.807, 2.05) is 16.8 Å². The van der Waals surface area contributed by atoms with Crippen LogP contribution in [0, 0.1) is 24.0 Å². The molecule has 2 bridgehead atoms. The van der Waals surface area contributed by atoms with Crippen LogP contribution in [0.25, 0.3) is 32.9 Å². The Morgan fingerprint density at radius 3 is 2.56 bits per heavy atom. The highest BCUT2D eigenvalue weighted by Gasteiger charge is 2.42. The number of ether oxygens (including phenoxy) is 2. The van der Waals surface area contributed by atoms with Crippen LogP contribution in [0.2, 0.25) is 0 Å². The van der Waals surface area contributed by atoms with Crippen LogP contribution >= 0.6 is 0 Å². The van der Waals surface area contributed by atoms with Gasteiger partial charge in [-0.15, -0.1) is 6.42 Å². The summed E-state index contributed by atoms with van der Waals surface area (Å²) in [7, 11) is 5.10. The molecule has 2 aromatic carbocycles. The lowest BCUT2D eigenvalue weighted by atomic mass is 9.95. The van der Waals surface area contributed by atoms with Crippen molar-refractivity contribution in [1.82, 2.24) is 29.7 Å². The van der Waals surface area contributed by atoms with Crippen LogP contribution in [-0.2, 0) is 4.79 Å². The van der Waals surface area contributed by atoms with E-state index in [9.17, 15) is 9.59 Å². The van der Waals surface area contributed by atoms with Crippen LogP contribution in [0.5, 0.6) is 11.8 Å². The molecule has 0 radical (unpaired) electrons. The minimum atomic E-state index is -0.804. The highest BCUT2D eigenvalue weighted by molar-refractivity contribution is 6.03. The Labute approximate surface area is 288 Å². The zero-order valence-corrected chi connectivity index (χ0v) is 28.2. The lowest BCUT2D eigenvalue weighted by Gasteiger charge is -2.41. The van der Waals surface area contributed by atoms with E-state index < -0.39 is 17.7 Å². The number of carbonyl (C=O) groups excluding carboxylic acids is 2. The minimum absolute atomic E-state index is 0.00896.